The van der Waals surface area contributed by atoms with Gasteiger partial charge < -0.3 is 4.74 Å². The summed E-state index contributed by atoms with van der Waals surface area (Å²) in [5, 5.41) is 11.0. The van der Waals surface area contributed by atoms with Crippen molar-refractivity contribution in [3.05, 3.63) is 65.7 Å². The Kier molecular flexibility index (Phi) is 5.98. The quantitative estimate of drug-likeness (QED) is 0.379. The zero-order chi connectivity index (χ0) is 18.4. The Morgan fingerprint density at radius 3 is 2.58 bits per heavy atom. The Morgan fingerprint density at radius 2 is 1.81 bits per heavy atom. The number of rotatable bonds is 7. The van der Waals surface area contributed by atoms with Gasteiger partial charge in [-0.15, -0.1) is 10.2 Å². The number of para-hydroxylation sites is 1. The number of Topliss-reactive ketones (excluding diaryl/α,β-unsaturated/α-hetero) is 1. The van der Waals surface area contributed by atoms with Gasteiger partial charge in [-0.05, 0) is 12.1 Å². The van der Waals surface area contributed by atoms with E-state index in [0.29, 0.717) is 26.3 Å². The molecule has 0 aliphatic heterocycles. The number of amides is 1. The maximum absolute atomic E-state index is 12.3. The predicted molar refractivity (Wildman–Crippen MR) is 102 cm³/mol. The Labute approximate surface area is 158 Å². The van der Waals surface area contributed by atoms with Gasteiger partial charge in [0.15, 0.2) is 10.1 Å². The van der Waals surface area contributed by atoms with E-state index in [1.807, 2.05) is 18.2 Å². The number of nitrogens with zero attached hydrogens (tertiary/aromatic N) is 2. The summed E-state index contributed by atoms with van der Waals surface area (Å²) >= 11 is 2.52. The maximum atomic E-state index is 12.3. The Hall–Kier alpha value is -2.71. The summed E-state index contributed by atoms with van der Waals surface area (Å²) < 4.78 is 5.80. The normalized spacial score (nSPS) is 10.3. The largest absolute Gasteiger partial charge is 0.496 e. The van der Waals surface area contributed by atoms with Crippen molar-refractivity contribution in [3.63, 3.8) is 0 Å². The topological polar surface area (TPSA) is 81.2 Å². The molecule has 3 rings (SSSR count). The summed E-state index contributed by atoms with van der Waals surface area (Å²) in [5.41, 5.74) is 1.08. The molecule has 0 radical (unpaired) electrons. The second kappa shape index (κ2) is 8.59. The molecule has 8 heteroatoms. The average molecular weight is 385 g/mol. The lowest BCUT2D eigenvalue weighted by atomic mass is 10.2. The number of nitrogens with one attached hydrogen (secondary N) is 1. The van der Waals surface area contributed by atoms with Crippen LogP contribution in [0.1, 0.15) is 20.7 Å². The summed E-state index contributed by atoms with van der Waals surface area (Å²) in [6.07, 6.45) is 0. The van der Waals surface area contributed by atoms with Crippen LogP contribution in [0.5, 0.6) is 5.75 Å². The molecule has 26 heavy (non-hydrogen) atoms. The van der Waals surface area contributed by atoms with Crippen molar-refractivity contribution >= 4 is 39.9 Å². The molecule has 0 saturated carbocycles. The first kappa shape index (κ1) is 18.1. The molecule has 0 bridgehead atoms. The van der Waals surface area contributed by atoms with E-state index in [9.17, 15) is 9.59 Å². The fourth-order valence-electron chi connectivity index (χ4n) is 2.15. The van der Waals surface area contributed by atoms with Gasteiger partial charge in [-0.1, -0.05) is 65.6 Å². The van der Waals surface area contributed by atoms with E-state index >= 15 is 0 Å². The van der Waals surface area contributed by atoms with Gasteiger partial charge in [-0.2, -0.15) is 0 Å². The van der Waals surface area contributed by atoms with Gasteiger partial charge in [0.1, 0.15) is 5.75 Å². The number of carbonyl (C=O) groups excluding carboxylic acids is 2. The van der Waals surface area contributed by atoms with Gasteiger partial charge in [-0.3, -0.25) is 14.9 Å². The van der Waals surface area contributed by atoms with Gasteiger partial charge in [0.2, 0.25) is 5.13 Å². The van der Waals surface area contributed by atoms with E-state index in [1.54, 1.807) is 36.4 Å². The lowest BCUT2D eigenvalue weighted by molar-refractivity contribution is 0.101. The molecule has 132 valence electrons. The maximum Gasteiger partial charge on any atom is 0.261 e. The number of carbonyl (C=O) groups is 2. The summed E-state index contributed by atoms with van der Waals surface area (Å²) in [6.45, 7) is 0. The van der Waals surface area contributed by atoms with E-state index in [1.165, 1.54) is 30.2 Å². The summed E-state index contributed by atoms with van der Waals surface area (Å²) in [6, 6.07) is 16.0. The third-order valence-corrected chi connectivity index (χ3v) is 5.37. The molecule has 6 nitrogen and oxygen atoms in total. The van der Waals surface area contributed by atoms with Crippen molar-refractivity contribution in [1.29, 1.82) is 0 Å². The van der Waals surface area contributed by atoms with Crippen molar-refractivity contribution in [2.45, 2.75) is 4.34 Å². The van der Waals surface area contributed by atoms with E-state index < -0.39 is 0 Å². The first-order chi connectivity index (χ1) is 12.7. The number of ketones is 1. The van der Waals surface area contributed by atoms with Gasteiger partial charge in [0.05, 0.1) is 18.4 Å². The van der Waals surface area contributed by atoms with Crippen LogP contribution < -0.4 is 10.1 Å². The molecule has 0 fully saturated rings. The third kappa shape index (κ3) is 4.47. The average Bonchev–Trinajstić information content (AvgIpc) is 3.14. The molecule has 0 spiro atoms. The van der Waals surface area contributed by atoms with Crippen molar-refractivity contribution < 1.29 is 14.3 Å². The molecule has 2 aromatic carbocycles. The van der Waals surface area contributed by atoms with Crippen molar-refractivity contribution in [2.75, 3.05) is 18.2 Å². The van der Waals surface area contributed by atoms with Crippen molar-refractivity contribution in [3.8, 4) is 5.75 Å². The number of thioether (sulfide) groups is 1. The van der Waals surface area contributed by atoms with Crippen LogP contribution in [0.3, 0.4) is 0 Å². The number of aromatic nitrogens is 2. The molecule has 0 aliphatic rings. The lowest BCUT2D eigenvalue weighted by Crippen LogP contribution is -2.12. The minimum atomic E-state index is -0.324. The smallest absolute Gasteiger partial charge is 0.261 e. The van der Waals surface area contributed by atoms with Crippen LogP contribution in [-0.2, 0) is 0 Å². The number of hydrogen-bond acceptors (Lipinski definition) is 7. The molecule has 1 heterocycles. The molecule has 1 aromatic heterocycles. The molecular formula is C18H15N3O3S2. The van der Waals surface area contributed by atoms with E-state index in [2.05, 4.69) is 15.5 Å². The number of benzene rings is 2. The van der Waals surface area contributed by atoms with Gasteiger partial charge in [0, 0.05) is 5.56 Å². The Balaban J connectivity index is 1.59. The summed E-state index contributed by atoms with van der Waals surface area (Å²) in [5.74, 6) is 0.442. The van der Waals surface area contributed by atoms with E-state index in [4.69, 9.17) is 4.74 Å². The fraction of sp³-hybridized carbons (Fsp3) is 0.111. The molecular weight excluding hydrogens is 370 g/mol. The second-order valence-corrected chi connectivity index (χ2v) is 7.31. The van der Waals surface area contributed by atoms with Crippen molar-refractivity contribution in [1.82, 2.24) is 10.2 Å². The van der Waals surface area contributed by atoms with Crippen LogP contribution >= 0.6 is 23.1 Å². The first-order valence-corrected chi connectivity index (χ1v) is 9.46. The molecule has 0 aliphatic carbocycles. The summed E-state index contributed by atoms with van der Waals surface area (Å²) in [4.78, 5) is 24.5. The second-order valence-electron chi connectivity index (χ2n) is 5.11. The highest BCUT2D eigenvalue weighted by Crippen LogP contribution is 2.27. The third-order valence-electron chi connectivity index (χ3n) is 3.40. The fourth-order valence-corrected chi connectivity index (χ4v) is 3.79. The van der Waals surface area contributed by atoms with E-state index in [-0.39, 0.29) is 17.4 Å². The van der Waals surface area contributed by atoms with Gasteiger partial charge in [-0.25, -0.2) is 0 Å². The van der Waals surface area contributed by atoms with Crippen LogP contribution in [0.25, 0.3) is 0 Å². The first-order valence-electron chi connectivity index (χ1n) is 7.66. The zero-order valence-electron chi connectivity index (χ0n) is 13.8. The Morgan fingerprint density at radius 1 is 1.08 bits per heavy atom. The standard InChI is InChI=1S/C18H15N3O3S2/c1-24-15-10-6-5-9-13(15)16(23)19-17-20-21-18(26-17)25-11-14(22)12-7-3-2-4-8-12/h2-10H,11H2,1H3,(H,19,20,23). The number of hydrogen-bond donors (Lipinski definition) is 1. The highest BCUT2D eigenvalue weighted by Gasteiger charge is 2.15. The van der Waals surface area contributed by atoms with Crippen molar-refractivity contribution in [2.24, 2.45) is 0 Å². The Bertz CT molecular complexity index is 913. The minimum absolute atomic E-state index is 0.0189. The minimum Gasteiger partial charge on any atom is -0.496 e. The monoisotopic (exact) mass is 385 g/mol. The van der Waals surface area contributed by atoms with Gasteiger partial charge in [0.25, 0.3) is 5.91 Å². The summed E-state index contributed by atoms with van der Waals surface area (Å²) in [7, 11) is 1.51. The SMILES string of the molecule is COc1ccccc1C(=O)Nc1nnc(SCC(=O)c2ccccc2)s1. The number of ether oxygens (including phenoxy) is 1. The zero-order valence-corrected chi connectivity index (χ0v) is 15.5. The predicted octanol–water partition coefficient (Wildman–Crippen LogP) is 3.77. The molecule has 1 N–H and O–H groups in total. The van der Waals surface area contributed by atoms with Gasteiger partial charge >= 0.3 is 0 Å². The van der Waals surface area contributed by atoms with E-state index in [0.717, 1.165) is 0 Å². The van der Waals surface area contributed by atoms with Crippen LogP contribution in [-0.4, -0.2) is 34.8 Å². The molecule has 0 saturated heterocycles. The molecule has 0 unspecified atom stereocenters. The van der Waals surface area contributed by atoms with Crippen LogP contribution in [0.4, 0.5) is 5.13 Å². The molecule has 1 amide bonds. The highest BCUT2D eigenvalue weighted by atomic mass is 32.2. The van der Waals surface area contributed by atoms with Crippen LogP contribution in [0.15, 0.2) is 58.9 Å². The van der Waals surface area contributed by atoms with Crippen LogP contribution in [0.2, 0.25) is 0 Å². The molecule has 0 atom stereocenters. The number of anilines is 1. The number of methoxy groups -OCH3 is 1. The lowest BCUT2D eigenvalue weighted by Gasteiger charge is -2.06. The molecule has 3 aromatic rings. The van der Waals surface area contributed by atoms with Crippen LogP contribution in [0, 0.1) is 0 Å². The highest BCUT2D eigenvalue weighted by molar-refractivity contribution is 8.01.